The van der Waals surface area contributed by atoms with Crippen LogP contribution < -0.4 is 20.3 Å². The second kappa shape index (κ2) is 8.01. The molecule has 2 atom stereocenters. The smallest absolute Gasteiger partial charge is 0.406 e. The number of anilines is 2. The summed E-state index contributed by atoms with van der Waals surface area (Å²) in [5, 5.41) is 5.20. The molecule has 1 aromatic heterocycles. The van der Waals surface area contributed by atoms with Crippen LogP contribution in [0.15, 0.2) is 42.7 Å². The fourth-order valence-corrected chi connectivity index (χ4v) is 3.15. The number of nitrogens with zero attached hydrogens (tertiary/aromatic N) is 2. The molecule has 1 aromatic carbocycles. The highest BCUT2D eigenvalue weighted by molar-refractivity contribution is 6.21. The van der Waals surface area contributed by atoms with Crippen LogP contribution in [0.25, 0.3) is 0 Å². The van der Waals surface area contributed by atoms with Crippen LogP contribution in [-0.4, -0.2) is 35.2 Å². The normalized spacial score (nSPS) is 17.5. The summed E-state index contributed by atoms with van der Waals surface area (Å²) in [4.78, 5) is 41.5. The fourth-order valence-electron chi connectivity index (χ4n) is 3.15. The maximum atomic E-state index is 12.9. The van der Waals surface area contributed by atoms with E-state index in [0.717, 1.165) is 17.0 Å². The monoisotopic (exact) mass is 422 g/mol. The van der Waals surface area contributed by atoms with Crippen LogP contribution in [0, 0.1) is 0 Å². The molecule has 30 heavy (non-hydrogen) atoms. The highest BCUT2D eigenvalue weighted by Crippen LogP contribution is 2.32. The second-order valence-corrected chi connectivity index (χ2v) is 6.58. The minimum Gasteiger partial charge on any atom is -0.406 e. The number of ether oxygens (including phenoxy) is 1. The van der Waals surface area contributed by atoms with Crippen molar-refractivity contribution < 1.29 is 32.3 Å². The van der Waals surface area contributed by atoms with Crippen molar-refractivity contribution in [3.8, 4) is 5.75 Å². The van der Waals surface area contributed by atoms with E-state index in [1.54, 1.807) is 13.0 Å². The van der Waals surface area contributed by atoms with Gasteiger partial charge in [0.05, 0.1) is 17.6 Å². The molecule has 0 aliphatic carbocycles. The molecule has 0 saturated carbocycles. The van der Waals surface area contributed by atoms with Crippen LogP contribution in [0.1, 0.15) is 25.3 Å². The number of imide groups is 1. The number of aromatic nitrogens is 1. The van der Waals surface area contributed by atoms with E-state index in [2.05, 4.69) is 20.4 Å². The molecule has 0 spiro atoms. The Labute approximate surface area is 169 Å². The van der Waals surface area contributed by atoms with Crippen molar-refractivity contribution in [2.24, 2.45) is 0 Å². The van der Waals surface area contributed by atoms with Crippen molar-refractivity contribution in [3.05, 3.63) is 48.3 Å². The van der Waals surface area contributed by atoms with Crippen molar-refractivity contribution >= 4 is 29.2 Å². The van der Waals surface area contributed by atoms with Crippen molar-refractivity contribution in [1.82, 2.24) is 10.3 Å². The Hall–Kier alpha value is -3.63. The molecule has 2 unspecified atom stereocenters. The summed E-state index contributed by atoms with van der Waals surface area (Å²) < 4.78 is 40.7. The Kier molecular flexibility index (Phi) is 5.63. The van der Waals surface area contributed by atoms with Crippen molar-refractivity contribution in [2.75, 3.05) is 10.2 Å². The molecule has 1 saturated heterocycles. The molecule has 1 aliphatic rings. The van der Waals surface area contributed by atoms with E-state index >= 15 is 0 Å². The third-order valence-corrected chi connectivity index (χ3v) is 4.45. The van der Waals surface area contributed by atoms with E-state index in [1.165, 1.54) is 31.5 Å². The van der Waals surface area contributed by atoms with Crippen LogP contribution in [0.2, 0.25) is 0 Å². The highest BCUT2D eigenvalue weighted by atomic mass is 19.4. The Bertz CT molecular complexity index is 978. The number of hydrogen-bond donors (Lipinski definition) is 2. The predicted octanol–water partition coefficient (Wildman–Crippen LogP) is 3.17. The summed E-state index contributed by atoms with van der Waals surface area (Å²) in [6.07, 6.45) is -1.92. The number of alkyl halides is 3. The zero-order chi connectivity index (χ0) is 22.1. The molecule has 1 aliphatic heterocycles. The van der Waals surface area contributed by atoms with Crippen LogP contribution in [0.5, 0.6) is 5.75 Å². The van der Waals surface area contributed by atoms with Gasteiger partial charge in [0.15, 0.2) is 0 Å². The van der Waals surface area contributed by atoms with Gasteiger partial charge in [-0.15, -0.1) is 13.2 Å². The topological polar surface area (TPSA) is 101 Å². The zero-order valence-electron chi connectivity index (χ0n) is 15.9. The lowest BCUT2D eigenvalue weighted by Crippen LogP contribution is -2.35. The maximum absolute atomic E-state index is 12.9. The standard InChI is InChI=1S/C19H17F3N4O4/c1-10(14-7-8-23-9-15(14)24-11(2)27)16-17(28)26(18(29)25-16)12-3-5-13(6-4-12)30-19(20,21)22/h3-10,16H,1-2H3,(H,24,27)(H,25,29). The van der Waals surface area contributed by atoms with Gasteiger partial charge in [0.2, 0.25) is 5.91 Å². The lowest BCUT2D eigenvalue weighted by atomic mass is 9.92. The summed E-state index contributed by atoms with van der Waals surface area (Å²) in [5.41, 5.74) is 1.10. The highest BCUT2D eigenvalue weighted by Gasteiger charge is 2.43. The molecule has 2 heterocycles. The van der Waals surface area contributed by atoms with E-state index in [1.807, 2.05) is 0 Å². The molecular weight excluding hydrogens is 405 g/mol. The molecule has 0 bridgehead atoms. The summed E-state index contributed by atoms with van der Waals surface area (Å²) in [6, 6.07) is 4.36. The minimum absolute atomic E-state index is 0.0959. The molecule has 3 rings (SSSR count). The average Bonchev–Trinajstić information content (AvgIpc) is 2.95. The number of carbonyl (C=O) groups is 3. The van der Waals surface area contributed by atoms with Crippen molar-refractivity contribution in [1.29, 1.82) is 0 Å². The van der Waals surface area contributed by atoms with Gasteiger partial charge in [-0.25, -0.2) is 9.69 Å². The fraction of sp³-hybridized carbons (Fsp3) is 0.263. The minimum atomic E-state index is -4.85. The first-order valence-corrected chi connectivity index (χ1v) is 8.78. The molecule has 11 heteroatoms. The number of halogens is 3. The summed E-state index contributed by atoms with van der Waals surface area (Å²) in [7, 11) is 0. The number of urea groups is 1. The van der Waals surface area contributed by atoms with Crippen LogP contribution in [-0.2, 0) is 9.59 Å². The SMILES string of the molecule is CC(=O)Nc1cnccc1C(C)C1NC(=O)N(c2ccc(OC(F)(F)F)cc2)C1=O. The van der Waals surface area contributed by atoms with Gasteiger partial charge in [-0.2, -0.15) is 0 Å². The van der Waals surface area contributed by atoms with Crippen LogP contribution >= 0.6 is 0 Å². The number of pyridine rings is 1. The Morgan fingerprint density at radius 3 is 2.50 bits per heavy atom. The van der Waals surface area contributed by atoms with E-state index in [9.17, 15) is 27.6 Å². The number of hydrogen-bond acceptors (Lipinski definition) is 5. The first-order valence-electron chi connectivity index (χ1n) is 8.78. The lowest BCUT2D eigenvalue weighted by Gasteiger charge is -2.21. The van der Waals surface area contributed by atoms with Gasteiger partial charge in [0.1, 0.15) is 11.8 Å². The number of amides is 4. The summed E-state index contributed by atoms with van der Waals surface area (Å²) in [6.45, 7) is 3.03. The predicted molar refractivity (Wildman–Crippen MR) is 99.9 cm³/mol. The Morgan fingerprint density at radius 2 is 1.90 bits per heavy atom. The molecule has 0 radical (unpaired) electrons. The Balaban J connectivity index is 1.82. The van der Waals surface area contributed by atoms with E-state index in [4.69, 9.17) is 0 Å². The van der Waals surface area contributed by atoms with Crippen molar-refractivity contribution in [3.63, 3.8) is 0 Å². The third kappa shape index (κ3) is 4.50. The van der Waals surface area contributed by atoms with Gasteiger partial charge in [-0.05, 0) is 35.9 Å². The molecule has 4 amide bonds. The van der Waals surface area contributed by atoms with Gasteiger partial charge >= 0.3 is 12.4 Å². The first-order chi connectivity index (χ1) is 14.1. The number of nitrogens with one attached hydrogen (secondary N) is 2. The third-order valence-electron chi connectivity index (χ3n) is 4.45. The number of benzene rings is 1. The molecule has 158 valence electrons. The second-order valence-electron chi connectivity index (χ2n) is 6.58. The average molecular weight is 422 g/mol. The molecule has 8 nitrogen and oxygen atoms in total. The van der Waals surface area contributed by atoms with Crippen LogP contribution in [0.4, 0.5) is 29.3 Å². The van der Waals surface area contributed by atoms with Gasteiger partial charge in [0, 0.05) is 19.0 Å². The molecule has 1 fully saturated rings. The molecule has 2 aromatic rings. The summed E-state index contributed by atoms with van der Waals surface area (Å²) in [5.74, 6) is -1.90. The maximum Gasteiger partial charge on any atom is 0.573 e. The quantitative estimate of drug-likeness (QED) is 0.721. The Morgan fingerprint density at radius 1 is 1.23 bits per heavy atom. The molecular formula is C19H17F3N4O4. The van der Waals surface area contributed by atoms with E-state index in [0.29, 0.717) is 11.3 Å². The lowest BCUT2D eigenvalue weighted by molar-refractivity contribution is -0.274. The largest absolute Gasteiger partial charge is 0.573 e. The number of carbonyl (C=O) groups excluding carboxylic acids is 3. The van der Waals surface area contributed by atoms with E-state index in [-0.39, 0.29) is 11.6 Å². The zero-order valence-corrected chi connectivity index (χ0v) is 15.9. The molecule has 2 N–H and O–H groups in total. The van der Waals surface area contributed by atoms with Gasteiger partial charge in [0.25, 0.3) is 5.91 Å². The van der Waals surface area contributed by atoms with E-state index < -0.39 is 36.0 Å². The first kappa shape index (κ1) is 21.1. The number of rotatable bonds is 5. The van der Waals surface area contributed by atoms with Gasteiger partial charge < -0.3 is 15.4 Å². The van der Waals surface area contributed by atoms with Gasteiger partial charge in [-0.1, -0.05) is 6.92 Å². The van der Waals surface area contributed by atoms with Crippen molar-refractivity contribution in [2.45, 2.75) is 32.2 Å². The van der Waals surface area contributed by atoms with Crippen LogP contribution in [0.3, 0.4) is 0 Å². The summed E-state index contributed by atoms with van der Waals surface area (Å²) >= 11 is 0. The van der Waals surface area contributed by atoms with Gasteiger partial charge in [-0.3, -0.25) is 14.6 Å².